The van der Waals surface area contributed by atoms with Crippen molar-refractivity contribution in [3.8, 4) is 0 Å². The van der Waals surface area contributed by atoms with Crippen LogP contribution in [0.4, 0.5) is 0 Å². The highest BCUT2D eigenvalue weighted by molar-refractivity contribution is 5.89. The predicted molar refractivity (Wildman–Crippen MR) is 91.8 cm³/mol. The molecule has 1 aliphatic heterocycles. The van der Waals surface area contributed by atoms with Crippen molar-refractivity contribution < 1.29 is 14.3 Å². The summed E-state index contributed by atoms with van der Waals surface area (Å²) in [6.07, 6.45) is 15.0. The molecule has 0 saturated carbocycles. The fourth-order valence-electron chi connectivity index (χ4n) is 2.23. The average Bonchev–Trinajstić information content (AvgIpc) is 2.54. The van der Waals surface area contributed by atoms with Crippen LogP contribution < -0.4 is 10.6 Å². The highest BCUT2D eigenvalue weighted by atomic mass is 16.5. The molecule has 0 aromatic heterocycles. The molecule has 0 bridgehead atoms. The van der Waals surface area contributed by atoms with Crippen LogP contribution in [0, 0.1) is 0 Å². The van der Waals surface area contributed by atoms with Gasteiger partial charge in [-0.15, -0.1) is 0 Å². The lowest BCUT2D eigenvalue weighted by atomic mass is 9.89. The minimum atomic E-state index is -0.459. The lowest BCUT2D eigenvalue weighted by molar-refractivity contribution is -0.121. The quantitative estimate of drug-likeness (QED) is 0.557. The van der Waals surface area contributed by atoms with Crippen molar-refractivity contribution in [1.29, 1.82) is 0 Å². The Labute approximate surface area is 138 Å². The Hall–Kier alpha value is -2.14. The summed E-state index contributed by atoms with van der Waals surface area (Å²) in [4.78, 5) is 23.8. The summed E-state index contributed by atoms with van der Waals surface area (Å²) in [5.74, 6) is -0.337. The van der Waals surface area contributed by atoms with Crippen molar-refractivity contribution in [2.24, 2.45) is 0 Å². The van der Waals surface area contributed by atoms with Gasteiger partial charge in [0, 0.05) is 31.9 Å². The van der Waals surface area contributed by atoms with Crippen LogP contribution >= 0.6 is 0 Å². The van der Waals surface area contributed by atoms with Crippen molar-refractivity contribution in [3.63, 3.8) is 0 Å². The van der Waals surface area contributed by atoms with Gasteiger partial charge in [0.05, 0.1) is 5.54 Å². The number of nitrogens with one attached hydrogen (secondary N) is 2. The minimum absolute atomic E-state index is 0.163. The molecule has 0 aliphatic carbocycles. The smallest absolute Gasteiger partial charge is 0.244 e. The Kier molecular flexibility index (Phi) is 8.68. The van der Waals surface area contributed by atoms with E-state index < -0.39 is 5.54 Å². The molecule has 1 rings (SSSR count). The molecule has 2 amide bonds. The van der Waals surface area contributed by atoms with Crippen molar-refractivity contribution in [3.05, 3.63) is 48.6 Å². The number of carbonyl (C=O) groups is 2. The highest BCUT2D eigenvalue weighted by Crippen LogP contribution is 2.20. The lowest BCUT2D eigenvalue weighted by Crippen LogP contribution is -2.58. The maximum absolute atomic E-state index is 12.0. The standard InChI is InChI=1S/C18H26N2O3/c1-3-5-7-9-16(21)19-15-18(11-13-23-14-12-18)20-17(22)10-8-6-4-2/h3-10H,11-15H2,1-2H3,(H,19,21)(H,20,22)/b5-3+,6-4+,9-7+,10-8+. The third kappa shape index (κ3) is 7.61. The molecule has 1 aliphatic rings. The monoisotopic (exact) mass is 318 g/mol. The summed E-state index contributed by atoms with van der Waals surface area (Å²) < 4.78 is 5.37. The van der Waals surface area contributed by atoms with Gasteiger partial charge < -0.3 is 15.4 Å². The number of carbonyl (C=O) groups excluding carboxylic acids is 2. The highest BCUT2D eigenvalue weighted by Gasteiger charge is 2.33. The number of allylic oxidation sites excluding steroid dienone is 6. The second kappa shape index (κ2) is 10.6. The van der Waals surface area contributed by atoms with Gasteiger partial charge in [-0.2, -0.15) is 0 Å². The molecule has 5 heteroatoms. The molecule has 5 nitrogen and oxygen atoms in total. The zero-order valence-corrected chi connectivity index (χ0v) is 13.9. The van der Waals surface area contributed by atoms with E-state index in [9.17, 15) is 9.59 Å². The van der Waals surface area contributed by atoms with Gasteiger partial charge >= 0.3 is 0 Å². The molecule has 0 radical (unpaired) electrons. The Bertz CT molecular complexity index is 498. The van der Waals surface area contributed by atoms with Crippen molar-refractivity contribution in [2.45, 2.75) is 32.2 Å². The molecule has 2 N–H and O–H groups in total. The summed E-state index contributed by atoms with van der Waals surface area (Å²) in [6, 6.07) is 0. The number of hydrogen-bond acceptors (Lipinski definition) is 3. The van der Waals surface area contributed by atoms with Gasteiger partial charge in [-0.1, -0.05) is 36.5 Å². The first-order chi connectivity index (χ1) is 11.1. The first-order valence-corrected chi connectivity index (χ1v) is 7.88. The molecule has 126 valence electrons. The molecular weight excluding hydrogens is 292 g/mol. The average molecular weight is 318 g/mol. The largest absolute Gasteiger partial charge is 0.381 e. The van der Waals surface area contributed by atoms with Crippen LogP contribution in [0.2, 0.25) is 0 Å². The van der Waals surface area contributed by atoms with Gasteiger partial charge in [0.15, 0.2) is 0 Å². The van der Waals surface area contributed by atoms with E-state index in [0.717, 1.165) is 0 Å². The topological polar surface area (TPSA) is 67.4 Å². The normalized spacial score (nSPS) is 18.2. The van der Waals surface area contributed by atoms with Crippen molar-refractivity contribution in [1.82, 2.24) is 10.6 Å². The minimum Gasteiger partial charge on any atom is -0.381 e. The van der Waals surface area contributed by atoms with Crippen LogP contribution in [0.25, 0.3) is 0 Å². The number of amides is 2. The summed E-state index contributed by atoms with van der Waals surface area (Å²) in [5.41, 5.74) is -0.459. The van der Waals surface area contributed by atoms with E-state index in [2.05, 4.69) is 10.6 Å². The summed E-state index contributed by atoms with van der Waals surface area (Å²) in [6.45, 7) is 5.31. The van der Waals surface area contributed by atoms with Crippen LogP contribution in [0.3, 0.4) is 0 Å². The molecule has 0 atom stereocenters. The van der Waals surface area contributed by atoms with Gasteiger partial charge in [0.2, 0.25) is 11.8 Å². The molecule has 0 aromatic carbocycles. The third-order valence-electron chi connectivity index (χ3n) is 3.54. The van der Waals surface area contributed by atoms with Gasteiger partial charge in [0.1, 0.15) is 0 Å². The maximum Gasteiger partial charge on any atom is 0.244 e. The van der Waals surface area contributed by atoms with E-state index in [1.165, 1.54) is 12.2 Å². The summed E-state index contributed by atoms with van der Waals surface area (Å²) in [7, 11) is 0. The van der Waals surface area contributed by atoms with Crippen molar-refractivity contribution >= 4 is 11.8 Å². The molecular formula is C18H26N2O3. The van der Waals surface area contributed by atoms with E-state index in [0.29, 0.717) is 32.6 Å². The fraction of sp³-hybridized carbons (Fsp3) is 0.444. The first-order valence-electron chi connectivity index (χ1n) is 7.88. The zero-order chi connectivity index (χ0) is 17.0. The van der Waals surface area contributed by atoms with Crippen LogP contribution in [0.1, 0.15) is 26.7 Å². The molecule has 0 unspecified atom stereocenters. The Morgan fingerprint density at radius 1 is 0.957 bits per heavy atom. The van der Waals surface area contributed by atoms with Gasteiger partial charge in [-0.05, 0) is 26.7 Å². The SMILES string of the molecule is C/C=C/C=C/C(=O)NCC1(NC(=O)/C=C/C=C/C)CCOCC1. The second-order valence-electron chi connectivity index (χ2n) is 5.37. The third-order valence-corrected chi connectivity index (χ3v) is 3.54. The molecule has 23 heavy (non-hydrogen) atoms. The van der Waals surface area contributed by atoms with Crippen molar-refractivity contribution in [2.75, 3.05) is 19.8 Å². The number of hydrogen-bond donors (Lipinski definition) is 2. The van der Waals surface area contributed by atoms with E-state index in [4.69, 9.17) is 4.74 Å². The van der Waals surface area contributed by atoms with Gasteiger partial charge in [0.25, 0.3) is 0 Å². The second-order valence-corrected chi connectivity index (χ2v) is 5.37. The van der Waals surface area contributed by atoms with Gasteiger partial charge in [-0.3, -0.25) is 9.59 Å². The van der Waals surface area contributed by atoms with E-state index in [1.807, 2.05) is 26.0 Å². The van der Waals surface area contributed by atoms with E-state index in [1.54, 1.807) is 24.3 Å². The maximum atomic E-state index is 12.0. The summed E-state index contributed by atoms with van der Waals surface area (Å²) in [5, 5.41) is 5.88. The molecule has 0 aromatic rings. The van der Waals surface area contributed by atoms with E-state index >= 15 is 0 Å². The first kappa shape index (κ1) is 18.9. The van der Waals surface area contributed by atoms with Crippen LogP contribution in [-0.2, 0) is 14.3 Å². The molecule has 1 saturated heterocycles. The Morgan fingerprint density at radius 2 is 1.52 bits per heavy atom. The predicted octanol–water partition coefficient (Wildman–Crippen LogP) is 2.03. The fourth-order valence-corrected chi connectivity index (χ4v) is 2.23. The van der Waals surface area contributed by atoms with Crippen LogP contribution in [0.5, 0.6) is 0 Å². The Balaban J connectivity index is 2.63. The number of ether oxygens (including phenoxy) is 1. The number of rotatable bonds is 7. The summed E-state index contributed by atoms with van der Waals surface area (Å²) >= 11 is 0. The molecule has 0 spiro atoms. The lowest BCUT2D eigenvalue weighted by Gasteiger charge is -2.37. The molecule has 1 heterocycles. The van der Waals surface area contributed by atoms with Crippen LogP contribution in [-0.4, -0.2) is 37.1 Å². The van der Waals surface area contributed by atoms with Crippen LogP contribution in [0.15, 0.2) is 48.6 Å². The Morgan fingerprint density at radius 3 is 2.09 bits per heavy atom. The van der Waals surface area contributed by atoms with E-state index in [-0.39, 0.29) is 11.8 Å². The van der Waals surface area contributed by atoms with Gasteiger partial charge in [-0.25, -0.2) is 0 Å². The zero-order valence-electron chi connectivity index (χ0n) is 13.9. The molecule has 1 fully saturated rings.